The molecule has 1 aromatic rings. The van der Waals surface area contributed by atoms with Gasteiger partial charge in [0, 0.05) is 12.4 Å². The molecule has 0 saturated heterocycles. The maximum absolute atomic E-state index is 9.78. The SMILES string of the molecule is C=C(C)C(O)c1ccncc1CC. The Morgan fingerprint density at radius 2 is 2.38 bits per heavy atom. The molecule has 0 aliphatic rings. The highest BCUT2D eigenvalue weighted by Crippen LogP contribution is 2.22. The molecule has 1 N–H and O–H groups in total. The fourth-order valence-electron chi connectivity index (χ4n) is 1.27. The average Bonchev–Trinajstić information content (AvgIpc) is 2.16. The van der Waals surface area contributed by atoms with Crippen molar-refractivity contribution in [1.82, 2.24) is 4.98 Å². The van der Waals surface area contributed by atoms with E-state index in [9.17, 15) is 5.11 Å². The van der Waals surface area contributed by atoms with E-state index in [0.29, 0.717) is 0 Å². The summed E-state index contributed by atoms with van der Waals surface area (Å²) in [6.07, 6.45) is 3.81. The molecule has 1 rings (SSSR count). The third-order valence-corrected chi connectivity index (χ3v) is 2.08. The van der Waals surface area contributed by atoms with Crippen molar-refractivity contribution in [3.63, 3.8) is 0 Å². The summed E-state index contributed by atoms with van der Waals surface area (Å²) >= 11 is 0. The zero-order chi connectivity index (χ0) is 9.84. The van der Waals surface area contributed by atoms with Crippen LogP contribution in [0.1, 0.15) is 31.1 Å². The summed E-state index contributed by atoms with van der Waals surface area (Å²) in [5, 5.41) is 9.78. The minimum Gasteiger partial charge on any atom is -0.384 e. The number of hydrogen-bond donors (Lipinski definition) is 1. The van der Waals surface area contributed by atoms with Crippen molar-refractivity contribution in [3.05, 3.63) is 41.7 Å². The molecule has 0 fully saturated rings. The van der Waals surface area contributed by atoms with E-state index in [0.717, 1.165) is 23.1 Å². The van der Waals surface area contributed by atoms with Gasteiger partial charge in [0.05, 0.1) is 6.10 Å². The van der Waals surface area contributed by atoms with Gasteiger partial charge in [-0.05, 0) is 36.1 Å². The quantitative estimate of drug-likeness (QED) is 0.718. The third kappa shape index (κ3) is 2.16. The Morgan fingerprint density at radius 1 is 1.69 bits per heavy atom. The number of pyridine rings is 1. The fourth-order valence-corrected chi connectivity index (χ4v) is 1.27. The number of aliphatic hydroxyl groups excluding tert-OH is 1. The van der Waals surface area contributed by atoms with Gasteiger partial charge in [0.1, 0.15) is 0 Å². The Bertz CT molecular complexity index is 307. The van der Waals surface area contributed by atoms with Gasteiger partial charge in [-0.2, -0.15) is 0 Å². The normalized spacial score (nSPS) is 12.5. The van der Waals surface area contributed by atoms with Crippen LogP contribution in [0, 0.1) is 0 Å². The number of rotatable bonds is 3. The van der Waals surface area contributed by atoms with Gasteiger partial charge in [-0.25, -0.2) is 0 Å². The first-order chi connectivity index (χ1) is 6.16. The van der Waals surface area contributed by atoms with E-state index < -0.39 is 6.10 Å². The molecule has 1 heterocycles. The van der Waals surface area contributed by atoms with Crippen molar-refractivity contribution < 1.29 is 5.11 Å². The molecule has 1 aromatic heterocycles. The Hall–Kier alpha value is -1.15. The molecule has 0 spiro atoms. The van der Waals surface area contributed by atoms with Crippen LogP contribution in [0.2, 0.25) is 0 Å². The second kappa shape index (κ2) is 4.19. The maximum atomic E-state index is 9.78. The average molecular weight is 177 g/mol. The molecule has 0 aliphatic carbocycles. The Balaban J connectivity index is 3.05. The predicted molar refractivity (Wildman–Crippen MR) is 53.4 cm³/mol. The first-order valence-corrected chi connectivity index (χ1v) is 4.43. The molecule has 2 heteroatoms. The van der Waals surface area contributed by atoms with Crippen LogP contribution in [-0.2, 0) is 6.42 Å². The summed E-state index contributed by atoms with van der Waals surface area (Å²) in [4.78, 5) is 4.02. The van der Waals surface area contributed by atoms with Gasteiger partial charge in [-0.15, -0.1) is 0 Å². The van der Waals surface area contributed by atoms with Crippen LogP contribution < -0.4 is 0 Å². The van der Waals surface area contributed by atoms with E-state index in [-0.39, 0.29) is 0 Å². The molecular formula is C11H15NO. The Kier molecular flexibility index (Phi) is 3.20. The molecule has 1 atom stereocenters. The zero-order valence-corrected chi connectivity index (χ0v) is 8.12. The first-order valence-electron chi connectivity index (χ1n) is 4.43. The van der Waals surface area contributed by atoms with Crippen LogP contribution in [0.4, 0.5) is 0 Å². The van der Waals surface area contributed by atoms with E-state index in [1.165, 1.54) is 0 Å². The fraction of sp³-hybridized carbons (Fsp3) is 0.364. The summed E-state index contributed by atoms with van der Waals surface area (Å²) in [6, 6.07) is 1.85. The van der Waals surface area contributed by atoms with Gasteiger partial charge in [0.25, 0.3) is 0 Å². The molecule has 0 aromatic carbocycles. The molecule has 2 nitrogen and oxygen atoms in total. The van der Waals surface area contributed by atoms with Crippen LogP contribution in [-0.4, -0.2) is 10.1 Å². The number of aliphatic hydroxyl groups is 1. The summed E-state index contributed by atoms with van der Waals surface area (Å²) in [7, 11) is 0. The van der Waals surface area contributed by atoms with Crippen molar-refractivity contribution in [3.8, 4) is 0 Å². The molecule has 0 saturated carbocycles. The number of aromatic nitrogens is 1. The lowest BCUT2D eigenvalue weighted by Gasteiger charge is -2.13. The predicted octanol–water partition coefficient (Wildman–Crippen LogP) is 2.25. The van der Waals surface area contributed by atoms with Gasteiger partial charge < -0.3 is 5.11 Å². The standard InChI is InChI=1S/C11H15NO/c1-4-9-7-12-6-5-10(9)11(13)8(2)3/h5-7,11,13H,2,4H2,1,3H3. The van der Waals surface area contributed by atoms with E-state index in [1.807, 2.05) is 19.9 Å². The minimum absolute atomic E-state index is 0.557. The van der Waals surface area contributed by atoms with E-state index in [2.05, 4.69) is 11.6 Å². The maximum Gasteiger partial charge on any atom is 0.0999 e. The summed E-state index contributed by atoms with van der Waals surface area (Å²) < 4.78 is 0. The lowest BCUT2D eigenvalue weighted by molar-refractivity contribution is 0.215. The van der Waals surface area contributed by atoms with Gasteiger partial charge in [0.2, 0.25) is 0 Å². The molecule has 0 amide bonds. The van der Waals surface area contributed by atoms with E-state index in [4.69, 9.17) is 0 Å². The minimum atomic E-state index is -0.557. The van der Waals surface area contributed by atoms with Crippen LogP contribution in [0.15, 0.2) is 30.6 Å². The van der Waals surface area contributed by atoms with Gasteiger partial charge in [-0.3, -0.25) is 4.98 Å². The largest absolute Gasteiger partial charge is 0.384 e. The third-order valence-electron chi connectivity index (χ3n) is 2.08. The van der Waals surface area contributed by atoms with Crippen LogP contribution in [0.25, 0.3) is 0 Å². The Morgan fingerprint density at radius 3 is 2.92 bits per heavy atom. The molecule has 0 bridgehead atoms. The summed E-state index contributed by atoms with van der Waals surface area (Å²) in [5.74, 6) is 0. The summed E-state index contributed by atoms with van der Waals surface area (Å²) in [5.41, 5.74) is 2.77. The second-order valence-electron chi connectivity index (χ2n) is 3.18. The molecule has 1 unspecified atom stereocenters. The molecule has 13 heavy (non-hydrogen) atoms. The highest BCUT2D eigenvalue weighted by atomic mass is 16.3. The van der Waals surface area contributed by atoms with Crippen LogP contribution in [0.5, 0.6) is 0 Å². The lowest BCUT2D eigenvalue weighted by Crippen LogP contribution is -2.02. The van der Waals surface area contributed by atoms with E-state index in [1.54, 1.807) is 12.4 Å². The molecular weight excluding hydrogens is 162 g/mol. The highest BCUT2D eigenvalue weighted by molar-refractivity contribution is 5.30. The summed E-state index contributed by atoms with van der Waals surface area (Å²) in [6.45, 7) is 7.61. The second-order valence-corrected chi connectivity index (χ2v) is 3.18. The van der Waals surface area contributed by atoms with Crippen LogP contribution >= 0.6 is 0 Å². The van der Waals surface area contributed by atoms with Gasteiger partial charge in [-0.1, -0.05) is 13.5 Å². The van der Waals surface area contributed by atoms with Crippen molar-refractivity contribution in [2.24, 2.45) is 0 Å². The van der Waals surface area contributed by atoms with Crippen molar-refractivity contribution in [1.29, 1.82) is 0 Å². The van der Waals surface area contributed by atoms with Crippen molar-refractivity contribution >= 4 is 0 Å². The van der Waals surface area contributed by atoms with Crippen LogP contribution in [0.3, 0.4) is 0 Å². The highest BCUT2D eigenvalue weighted by Gasteiger charge is 2.11. The number of aryl methyl sites for hydroxylation is 1. The molecule has 70 valence electrons. The smallest absolute Gasteiger partial charge is 0.0999 e. The lowest BCUT2D eigenvalue weighted by atomic mass is 9.99. The van der Waals surface area contributed by atoms with Gasteiger partial charge in [0.15, 0.2) is 0 Å². The first kappa shape index (κ1) is 9.93. The van der Waals surface area contributed by atoms with Gasteiger partial charge >= 0.3 is 0 Å². The molecule has 0 aliphatic heterocycles. The zero-order valence-electron chi connectivity index (χ0n) is 8.12. The van der Waals surface area contributed by atoms with Crippen molar-refractivity contribution in [2.75, 3.05) is 0 Å². The topological polar surface area (TPSA) is 33.1 Å². The number of nitrogens with zero attached hydrogens (tertiary/aromatic N) is 1. The number of hydrogen-bond acceptors (Lipinski definition) is 2. The van der Waals surface area contributed by atoms with Crippen molar-refractivity contribution in [2.45, 2.75) is 26.4 Å². The monoisotopic (exact) mass is 177 g/mol. The van der Waals surface area contributed by atoms with E-state index >= 15 is 0 Å². The Labute approximate surface area is 78.9 Å². The molecule has 0 radical (unpaired) electrons.